The Kier molecular flexibility index (Phi) is 6.89. The summed E-state index contributed by atoms with van der Waals surface area (Å²) >= 11 is 1.88. The number of aliphatic imine (C=N–C) groups is 1. The molecule has 1 fully saturated rings. The van der Waals surface area contributed by atoms with Crippen LogP contribution in [0.25, 0.3) is 0 Å². The average molecular weight is 380 g/mol. The van der Waals surface area contributed by atoms with Crippen LogP contribution < -0.4 is 5.32 Å². The first-order valence-corrected chi connectivity index (χ1v) is 10.6. The lowest BCUT2D eigenvalue weighted by Crippen LogP contribution is -2.53. The van der Waals surface area contributed by atoms with Crippen LogP contribution in [0.4, 0.5) is 0 Å². The van der Waals surface area contributed by atoms with Crippen LogP contribution in [0.2, 0.25) is 0 Å². The van der Waals surface area contributed by atoms with Crippen LogP contribution in [0.15, 0.2) is 4.99 Å². The number of fused-ring (bicyclic) bond motifs is 1. The fourth-order valence-corrected chi connectivity index (χ4v) is 5.10. The Hall–Kier alpha value is -1.18. The number of hydrogen-bond acceptors (Lipinski definition) is 5. The molecular formula is C19H33N5OS. The maximum atomic E-state index is 5.55. The van der Waals surface area contributed by atoms with Crippen molar-refractivity contribution in [3.8, 4) is 0 Å². The predicted molar refractivity (Wildman–Crippen MR) is 108 cm³/mol. The molecule has 1 saturated heterocycles. The first-order valence-electron chi connectivity index (χ1n) is 9.81. The fourth-order valence-electron chi connectivity index (χ4n) is 3.89. The lowest BCUT2D eigenvalue weighted by atomic mass is 10.0. The summed E-state index contributed by atoms with van der Waals surface area (Å²) in [4.78, 5) is 15.5. The molecule has 1 aromatic heterocycles. The van der Waals surface area contributed by atoms with Crippen LogP contribution in [-0.2, 0) is 24.1 Å². The second-order valence-electron chi connectivity index (χ2n) is 7.48. The Bertz CT molecular complexity index is 594. The standard InChI is InChI=1S/C19H33N5OS/c1-14(24-9-10-25-13-15(24)2)11-21-19(20-3)23(4)12-18-22-16-7-5-6-8-17(16)26-18/h14-15H,5-13H2,1-4H3,(H,20,21). The zero-order valence-electron chi connectivity index (χ0n) is 16.6. The molecule has 1 N–H and O–H groups in total. The van der Waals surface area contributed by atoms with Crippen LogP contribution in [-0.4, -0.2) is 73.2 Å². The Morgan fingerprint density at radius 2 is 2.27 bits per heavy atom. The molecular weight excluding hydrogens is 346 g/mol. The smallest absolute Gasteiger partial charge is 0.193 e. The van der Waals surface area contributed by atoms with E-state index in [0.29, 0.717) is 12.1 Å². The van der Waals surface area contributed by atoms with Crippen molar-refractivity contribution in [3.05, 3.63) is 15.6 Å². The third-order valence-corrected chi connectivity index (χ3v) is 6.52. The summed E-state index contributed by atoms with van der Waals surface area (Å²) in [5, 5.41) is 4.74. The molecule has 0 amide bonds. The molecule has 1 aliphatic heterocycles. The average Bonchev–Trinajstić information content (AvgIpc) is 3.04. The van der Waals surface area contributed by atoms with Gasteiger partial charge in [0.15, 0.2) is 5.96 Å². The topological polar surface area (TPSA) is 53.0 Å². The van der Waals surface area contributed by atoms with E-state index in [1.807, 2.05) is 18.4 Å². The number of aromatic nitrogens is 1. The lowest BCUT2D eigenvalue weighted by molar-refractivity contribution is -0.0175. The summed E-state index contributed by atoms with van der Waals surface area (Å²) in [6, 6.07) is 0.924. The number of hydrogen-bond donors (Lipinski definition) is 1. The highest BCUT2D eigenvalue weighted by molar-refractivity contribution is 7.11. The third-order valence-electron chi connectivity index (χ3n) is 5.38. The van der Waals surface area contributed by atoms with Crippen molar-refractivity contribution in [1.82, 2.24) is 20.1 Å². The predicted octanol–water partition coefficient (Wildman–Crippen LogP) is 2.14. The van der Waals surface area contributed by atoms with E-state index >= 15 is 0 Å². The SMILES string of the molecule is CN=C(NCC(C)N1CCOCC1C)N(C)Cc1nc2c(s1)CCCC2. The van der Waals surface area contributed by atoms with Gasteiger partial charge in [-0.1, -0.05) is 0 Å². The Morgan fingerprint density at radius 1 is 1.46 bits per heavy atom. The van der Waals surface area contributed by atoms with Gasteiger partial charge in [0, 0.05) is 44.1 Å². The highest BCUT2D eigenvalue weighted by atomic mass is 32.1. The normalized spacial score (nSPS) is 22.8. The Labute approximate surface area is 161 Å². The van der Waals surface area contributed by atoms with Crippen LogP contribution in [0.1, 0.15) is 42.3 Å². The largest absolute Gasteiger partial charge is 0.379 e. The number of rotatable bonds is 5. The molecule has 0 bridgehead atoms. The Balaban J connectivity index is 1.52. The molecule has 0 aromatic carbocycles. The Morgan fingerprint density at radius 3 is 3.00 bits per heavy atom. The zero-order chi connectivity index (χ0) is 18.5. The molecule has 6 nitrogen and oxygen atoms in total. The van der Waals surface area contributed by atoms with E-state index in [0.717, 1.165) is 45.2 Å². The van der Waals surface area contributed by atoms with E-state index in [1.54, 1.807) is 0 Å². The summed E-state index contributed by atoms with van der Waals surface area (Å²) < 4.78 is 5.55. The second-order valence-corrected chi connectivity index (χ2v) is 8.65. The van der Waals surface area contributed by atoms with Gasteiger partial charge in [-0.05, 0) is 39.5 Å². The van der Waals surface area contributed by atoms with Gasteiger partial charge in [0.25, 0.3) is 0 Å². The van der Waals surface area contributed by atoms with Crippen molar-refractivity contribution in [2.75, 3.05) is 40.4 Å². The van der Waals surface area contributed by atoms with Crippen molar-refractivity contribution in [2.24, 2.45) is 4.99 Å². The molecule has 7 heteroatoms. The fraction of sp³-hybridized carbons (Fsp3) is 0.789. The van der Waals surface area contributed by atoms with Crippen molar-refractivity contribution in [1.29, 1.82) is 0 Å². The van der Waals surface area contributed by atoms with Gasteiger partial charge in [-0.3, -0.25) is 9.89 Å². The summed E-state index contributed by atoms with van der Waals surface area (Å²) in [6.07, 6.45) is 4.95. The number of guanidine groups is 1. The van der Waals surface area contributed by atoms with E-state index in [-0.39, 0.29) is 0 Å². The number of nitrogens with zero attached hydrogens (tertiary/aromatic N) is 4. The molecule has 2 aliphatic rings. The van der Waals surface area contributed by atoms with Crippen molar-refractivity contribution in [3.63, 3.8) is 0 Å². The molecule has 2 heterocycles. The first-order chi connectivity index (χ1) is 12.6. The molecule has 2 unspecified atom stereocenters. The number of thiazole rings is 1. The molecule has 1 aliphatic carbocycles. The highest BCUT2D eigenvalue weighted by Gasteiger charge is 2.24. The van der Waals surface area contributed by atoms with Crippen LogP contribution in [0.5, 0.6) is 0 Å². The van der Waals surface area contributed by atoms with Crippen LogP contribution in [0.3, 0.4) is 0 Å². The van der Waals surface area contributed by atoms with Gasteiger partial charge in [-0.15, -0.1) is 11.3 Å². The van der Waals surface area contributed by atoms with Gasteiger partial charge < -0.3 is 15.0 Å². The van der Waals surface area contributed by atoms with Gasteiger partial charge >= 0.3 is 0 Å². The van der Waals surface area contributed by atoms with E-state index in [1.165, 1.54) is 34.8 Å². The molecule has 1 aromatic rings. The van der Waals surface area contributed by atoms with Crippen molar-refractivity contribution in [2.45, 2.75) is 58.2 Å². The van der Waals surface area contributed by atoms with Gasteiger partial charge in [0.1, 0.15) is 5.01 Å². The molecule has 0 saturated carbocycles. The second kappa shape index (κ2) is 9.15. The molecule has 0 spiro atoms. The molecule has 146 valence electrons. The quantitative estimate of drug-likeness (QED) is 0.627. The molecule has 26 heavy (non-hydrogen) atoms. The van der Waals surface area contributed by atoms with E-state index in [4.69, 9.17) is 9.72 Å². The van der Waals surface area contributed by atoms with Crippen LogP contribution >= 0.6 is 11.3 Å². The van der Waals surface area contributed by atoms with Crippen molar-refractivity contribution < 1.29 is 4.74 Å². The van der Waals surface area contributed by atoms with Crippen molar-refractivity contribution >= 4 is 17.3 Å². The maximum absolute atomic E-state index is 5.55. The highest BCUT2D eigenvalue weighted by Crippen LogP contribution is 2.27. The van der Waals surface area contributed by atoms with Gasteiger partial charge in [-0.25, -0.2) is 4.98 Å². The molecule has 2 atom stereocenters. The third kappa shape index (κ3) is 4.75. The van der Waals surface area contributed by atoms with E-state index in [9.17, 15) is 0 Å². The minimum Gasteiger partial charge on any atom is -0.379 e. The summed E-state index contributed by atoms with van der Waals surface area (Å²) in [5.41, 5.74) is 1.34. The minimum atomic E-state index is 0.450. The zero-order valence-corrected chi connectivity index (χ0v) is 17.4. The summed E-state index contributed by atoms with van der Waals surface area (Å²) in [5.74, 6) is 0.936. The maximum Gasteiger partial charge on any atom is 0.193 e. The van der Waals surface area contributed by atoms with Gasteiger partial charge in [0.05, 0.1) is 25.5 Å². The minimum absolute atomic E-state index is 0.450. The number of ether oxygens (including phenoxy) is 1. The molecule has 0 radical (unpaired) electrons. The van der Waals surface area contributed by atoms with Gasteiger partial charge in [-0.2, -0.15) is 0 Å². The van der Waals surface area contributed by atoms with Gasteiger partial charge in [0.2, 0.25) is 0 Å². The summed E-state index contributed by atoms with van der Waals surface area (Å²) in [7, 11) is 3.95. The van der Waals surface area contributed by atoms with E-state index in [2.05, 4.69) is 41.0 Å². The first kappa shape index (κ1) is 19.6. The van der Waals surface area contributed by atoms with Crippen LogP contribution in [0, 0.1) is 0 Å². The number of morpholine rings is 1. The number of nitrogens with one attached hydrogen (secondary N) is 1. The molecule has 3 rings (SSSR count). The number of aryl methyl sites for hydroxylation is 2. The lowest BCUT2D eigenvalue weighted by Gasteiger charge is -2.38. The monoisotopic (exact) mass is 379 g/mol. The van der Waals surface area contributed by atoms with E-state index < -0.39 is 0 Å². The summed E-state index contributed by atoms with van der Waals surface area (Å²) in [6.45, 7) is 8.88.